The molecule has 10 nitrogen and oxygen atoms in total. The van der Waals surface area contributed by atoms with E-state index in [1.54, 1.807) is 46.4 Å². The summed E-state index contributed by atoms with van der Waals surface area (Å²) >= 11 is 0. The summed E-state index contributed by atoms with van der Waals surface area (Å²) in [6.07, 6.45) is 0. The lowest BCUT2D eigenvalue weighted by molar-refractivity contribution is -0.132. The van der Waals surface area contributed by atoms with Gasteiger partial charge in [-0.05, 0) is 37.6 Å². The zero-order valence-electron chi connectivity index (χ0n) is 21.6. The largest absolute Gasteiger partial charge is 0.497 e. The molecule has 194 valence electrons. The first kappa shape index (κ1) is 25.7. The number of nitrogens with zero attached hydrogens (tertiary/aromatic N) is 3. The van der Waals surface area contributed by atoms with Gasteiger partial charge in [0.25, 0.3) is 11.8 Å². The molecule has 3 aromatic rings. The Balaban J connectivity index is 1.47. The Morgan fingerprint density at radius 1 is 1.03 bits per heavy atom. The Kier molecular flexibility index (Phi) is 7.19. The predicted molar refractivity (Wildman–Crippen MR) is 136 cm³/mol. The van der Waals surface area contributed by atoms with Crippen LogP contribution in [-0.2, 0) is 24.4 Å². The molecule has 0 fully saturated rings. The van der Waals surface area contributed by atoms with Crippen molar-refractivity contribution >= 4 is 17.7 Å². The van der Waals surface area contributed by atoms with Gasteiger partial charge in [0, 0.05) is 31.8 Å². The molecule has 1 atom stereocenters. The van der Waals surface area contributed by atoms with Crippen LogP contribution >= 0.6 is 0 Å². The minimum Gasteiger partial charge on any atom is -0.497 e. The zero-order valence-corrected chi connectivity index (χ0v) is 21.6. The van der Waals surface area contributed by atoms with Gasteiger partial charge in [0.2, 0.25) is 5.91 Å². The number of methoxy groups -OCH3 is 2. The van der Waals surface area contributed by atoms with Crippen molar-refractivity contribution in [3.05, 3.63) is 76.6 Å². The van der Waals surface area contributed by atoms with Crippen molar-refractivity contribution < 1.29 is 23.9 Å². The first-order chi connectivity index (χ1) is 17.7. The fourth-order valence-electron chi connectivity index (χ4n) is 4.20. The number of fused-ring (bicyclic) bond motifs is 1. The molecule has 10 heteroatoms. The average Bonchev–Trinajstić information content (AvgIpc) is 3.33. The number of aryl methyl sites for hydroxylation is 1. The van der Waals surface area contributed by atoms with Crippen molar-refractivity contribution in [1.29, 1.82) is 0 Å². The smallest absolute Gasteiger partial charge is 0.272 e. The molecule has 2 N–H and O–H groups in total. The van der Waals surface area contributed by atoms with Gasteiger partial charge >= 0.3 is 0 Å². The van der Waals surface area contributed by atoms with Crippen LogP contribution in [0.2, 0.25) is 0 Å². The van der Waals surface area contributed by atoms with E-state index in [1.165, 1.54) is 15.6 Å². The molecule has 3 amide bonds. The fraction of sp³-hybridized carbons (Fsp3) is 0.333. The van der Waals surface area contributed by atoms with Crippen molar-refractivity contribution in [3.63, 3.8) is 0 Å². The molecular weight excluding hydrogens is 474 g/mol. The van der Waals surface area contributed by atoms with Gasteiger partial charge in [-0.1, -0.05) is 29.8 Å². The van der Waals surface area contributed by atoms with Crippen LogP contribution in [0.5, 0.6) is 11.5 Å². The highest BCUT2D eigenvalue weighted by molar-refractivity contribution is 6.01. The second kappa shape index (κ2) is 10.3. The second-order valence-electron chi connectivity index (χ2n) is 9.24. The van der Waals surface area contributed by atoms with E-state index in [0.717, 1.165) is 16.7 Å². The lowest BCUT2D eigenvalue weighted by atomic mass is 9.95. The molecule has 1 aliphatic heterocycles. The number of carbonyl (C=O) groups excluding carboxylic acids is 3. The summed E-state index contributed by atoms with van der Waals surface area (Å²) in [6, 6.07) is 14.6. The van der Waals surface area contributed by atoms with Crippen LogP contribution in [0, 0.1) is 6.92 Å². The van der Waals surface area contributed by atoms with Crippen LogP contribution < -0.4 is 20.1 Å². The van der Waals surface area contributed by atoms with Crippen LogP contribution in [0.25, 0.3) is 0 Å². The molecule has 0 aliphatic carbocycles. The number of amides is 3. The number of benzene rings is 2. The molecular formula is C27H31N5O5. The van der Waals surface area contributed by atoms with Crippen LogP contribution in [0.4, 0.5) is 0 Å². The number of likely N-dealkylation sites (N-methyl/N-ethyl adjacent to an activating group) is 1. The summed E-state index contributed by atoms with van der Waals surface area (Å²) in [7, 11) is 4.69. The molecule has 1 aromatic heterocycles. The minimum atomic E-state index is -1.18. The first-order valence-corrected chi connectivity index (χ1v) is 11.8. The number of hydrogen-bond acceptors (Lipinski definition) is 6. The van der Waals surface area contributed by atoms with Gasteiger partial charge in [-0.2, -0.15) is 5.10 Å². The summed E-state index contributed by atoms with van der Waals surface area (Å²) in [6.45, 7) is 4.31. The second-order valence-corrected chi connectivity index (χ2v) is 9.24. The molecule has 2 heterocycles. The summed E-state index contributed by atoms with van der Waals surface area (Å²) < 4.78 is 12.0. The molecule has 0 unspecified atom stereocenters. The minimum absolute atomic E-state index is 0.0860. The normalized spacial score (nSPS) is 16.7. The SMILES string of the molecule is COc1ccc(OC)c(CNC(=O)c2cc3n(n2)C[C@](C)(C(=O)NCc2ccc(C)cc2)N(C)C3=O)c1. The highest BCUT2D eigenvalue weighted by Crippen LogP contribution is 2.27. The van der Waals surface area contributed by atoms with Crippen molar-refractivity contribution in [3.8, 4) is 11.5 Å². The summed E-state index contributed by atoms with van der Waals surface area (Å²) in [4.78, 5) is 40.6. The van der Waals surface area contributed by atoms with Crippen molar-refractivity contribution in [2.45, 2.75) is 39.0 Å². The van der Waals surface area contributed by atoms with Gasteiger partial charge < -0.3 is 25.0 Å². The van der Waals surface area contributed by atoms with Gasteiger partial charge in [-0.25, -0.2) is 0 Å². The summed E-state index contributed by atoms with van der Waals surface area (Å²) in [5.74, 6) is 0.0970. The van der Waals surface area contributed by atoms with E-state index in [1.807, 2.05) is 31.2 Å². The zero-order chi connectivity index (χ0) is 26.7. The quantitative estimate of drug-likeness (QED) is 0.486. The molecule has 0 spiro atoms. The van der Waals surface area contributed by atoms with E-state index in [-0.39, 0.29) is 36.3 Å². The van der Waals surface area contributed by atoms with Crippen molar-refractivity contribution in [2.75, 3.05) is 21.3 Å². The number of nitrogens with one attached hydrogen (secondary N) is 2. The van der Waals surface area contributed by atoms with Crippen molar-refractivity contribution in [1.82, 2.24) is 25.3 Å². The first-order valence-electron chi connectivity index (χ1n) is 11.8. The Bertz CT molecular complexity index is 1330. The summed E-state index contributed by atoms with van der Waals surface area (Å²) in [5, 5.41) is 10.1. The van der Waals surface area contributed by atoms with Crippen molar-refractivity contribution in [2.24, 2.45) is 0 Å². The van der Waals surface area contributed by atoms with Gasteiger partial charge in [-0.3, -0.25) is 19.1 Å². The maximum atomic E-state index is 13.2. The van der Waals surface area contributed by atoms with Crippen LogP contribution in [0.3, 0.4) is 0 Å². The monoisotopic (exact) mass is 505 g/mol. The summed E-state index contributed by atoms with van der Waals surface area (Å²) in [5.41, 5.74) is 1.97. The maximum absolute atomic E-state index is 13.2. The molecule has 0 radical (unpaired) electrons. The standard InChI is InChI=1S/C27H31N5O5/c1-17-6-8-18(9-7-17)14-29-26(35)27(2)16-32-22(25(34)31(27)3)13-21(30-32)24(33)28-15-19-12-20(36-4)10-11-23(19)37-5/h6-13H,14-16H2,1-5H3,(H,28,33)(H,29,35)/t27-/m1/s1. The van der Waals surface area contributed by atoms with Crippen LogP contribution in [0.1, 0.15) is 44.6 Å². The highest BCUT2D eigenvalue weighted by atomic mass is 16.5. The number of hydrogen-bond donors (Lipinski definition) is 2. The third kappa shape index (κ3) is 5.13. The van der Waals surface area contributed by atoms with Gasteiger partial charge in [-0.15, -0.1) is 0 Å². The highest BCUT2D eigenvalue weighted by Gasteiger charge is 2.46. The topological polar surface area (TPSA) is 115 Å². The number of rotatable bonds is 8. The van der Waals surface area contributed by atoms with E-state index in [4.69, 9.17) is 9.47 Å². The predicted octanol–water partition coefficient (Wildman–Crippen LogP) is 2.30. The lowest BCUT2D eigenvalue weighted by Gasteiger charge is -2.40. The third-order valence-corrected chi connectivity index (χ3v) is 6.72. The Labute approximate surface area is 215 Å². The molecule has 0 saturated carbocycles. The molecule has 1 aliphatic rings. The Morgan fingerprint density at radius 3 is 2.43 bits per heavy atom. The van der Waals surface area contributed by atoms with Crippen LogP contribution in [-0.4, -0.2) is 59.2 Å². The Hall–Kier alpha value is -4.34. The van der Waals surface area contributed by atoms with Crippen LogP contribution in [0.15, 0.2) is 48.5 Å². The Morgan fingerprint density at radius 2 is 1.76 bits per heavy atom. The van der Waals surface area contributed by atoms with Gasteiger partial charge in [0.15, 0.2) is 5.69 Å². The van der Waals surface area contributed by atoms with E-state index in [2.05, 4.69) is 15.7 Å². The maximum Gasteiger partial charge on any atom is 0.272 e. The molecule has 0 saturated heterocycles. The van der Waals surface area contributed by atoms with E-state index in [0.29, 0.717) is 18.0 Å². The molecule has 0 bridgehead atoms. The molecule has 37 heavy (non-hydrogen) atoms. The van der Waals surface area contributed by atoms with E-state index >= 15 is 0 Å². The lowest BCUT2D eigenvalue weighted by Crippen LogP contribution is -2.62. The van der Waals surface area contributed by atoms with E-state index in [9.17, 15) is 14.4 Å². The van der Waals surface area contributed by atoms with Gasteiger partial charge in [0.1, 0.15) is 22.7 Å². The number of carbonyl (C=O) groups is 3. The fourth-order valence-corrected chi connectivity index (χ4v) is 4.20. The average molecular weight is 506 g/mol. The number of aromatic nitrogens is 2. The molecule has 4 rings (SSSR count). The van der Waals surface area contributed by atoms with E-state index < -0.39 is 11.4 Å². The third-order valence-electron chi connectivity index (χ3n) is 6.72. The van der Waals surface area contributed by atoms with Gasteiger partial charge in [0.05, 0.1) is 20.8 Å². The number of ether oxygens (including phenoxy) is 2. The molecule has 2 aromatic carbocycles.